The number of benzene rings is 1. The van der Waals surface area contributed by atoms with Crippen LogP contribution in [0.4, 0.5) is 11.5 Å². The fourth-order valence-electron chi connectivity index (χ4n) is 4.42. The predicted octanol–water partition coefficient (Wildman–Crippen LogP) is 4.62. The number of nitrogens with one attached hydrogen (secondary N) is 1. The molecule has 2 aromatic heterocycles. The minimum absolute atomic E-state index is 0.142. The Labute approximate surface area is 195 Å². The van der Waals surface area contributed by atoms with E-state index in [0.717, 1.165) is 47.8 Å². The smallest absolute Gasteiger partial charge is 0.232 e. The van der Waals surface area contributed by atoms with Gasteiger partial charge in [0.15, 0.2) is 0 Å². The molecule has 172 valence electrons. The molecule has 7 heteroatoms. The zero-order valence-corrected chi connectivity index (χ0v) is 19.7. The van der Waals surface area contributed by atoms with E-state index in [1.807, 2.05) is 56.0 Å². The van der Waals surface area contributed by atoms with Crippen molar-refractivity contribution in [2.24, 2.45) is 0 Å². The van der Waals surface area contributed by atoms with Crippen molar-refractivity contribution in [2.45, 2.75) is 44.9 Å². The van der Waals surface area contributed by atoms with Gasteiger partial charge in [0.05, 0.1) is 18.7 Å². The zero-order valence-electron chi connectivity index (χ0n) is 19.7. The Kier molecular flexibility index (Phi) is 6.58. The topological polar surface area (TPSA) is 80.2 Å². The van der Waals surface area contributed by atoms with Gasteiger partial charge in [0.1, 0.15) is 11.6 Å². The first-order valence-electron chi connectivity index (χ1n) is 11.3. The summed E-state index contributed by atoms with van der Waals surface area (Å²) in [5.74, 6) is 1.81. The number of rotatable bonds is 6. The van der Waals surface area contributed by atoms with Crippen LogP contribution < -0.4 is 10.1 Å². The zero-order chi connectivity index (χ0) is 23.4. The quantitative estimate of drug-likeness (QED) is 0.597. The Hall–Kier alpha value is -3.48. The van der Waals surface area contributed by atoms with E-state index in [-0.39, 0.29) is 11.8 Å². The molecule has 1 fully saturated rings. The van der Waals surface area contributed by atoms with Crippen molar-refractivity contribution >= 4 is 17.4 Å². The van der Waals surface area contributed by atoms with Crippen molar-refractivity contribution in [3.8, 4) is 5.75 Å². The van der Waals surface area contributed by atoms with Crippen LogP contribution in [-0.4, -0.2) is 46.0 Å². The lowest BCUT2D eigenvalue weighted by atomic mass is 9.82. The molecule has 3 aromatic rings. The molecule has 1 aromatic carbocycles. The Morgan fingerprint density at radius 1 is 1.18 bits per heavy atom. The maximum atomic E-state index is 13.6. The average Bonchev–Trinajstić information content (AvgIpc) is 2.84. The Balaban J connectivity index is 1.51. The second kappa shape index (κ2) is 9.57. The molecule has 4 rings (SSSR count). The first-order chi connectivity index (χ1) is 15.9. The third-order valence-electron chi connectivity index (χ3n) is 6.28. The Morgan fingerprint density at radius 3 is 2.67 bits per heavy atom. The number of aromatic nitrogens is 3. The van der Waals surface area contributed by atoms with Crippen LogP contribution in [0.1, 0.15) is 49.6 Å². The highest BCUT2D eigenvalue weighted by Gasteiger charge is 2.36. The van der Waals surface area contributed by atoms with Gasteiger partial charge in [-0.25, -0.2) is 4.98 Å². The normalized spacial score (nSPS) is 16.4. The van der Waals surface area contributed by atoms with Gasteiger partial charge >= 0.3 is 0 Å². The summed E-state index contributed by atoms with van der Waals surface area (Å²) in [6.45, 7) is 7.41. The van der Waals surface area contributed by atoms with E-state index in [2.05, 4.69) is 21.4 Å². The van der Waals surface area contributed by atoms with Crippen LogP contribution in [0.15, 0.2) is 55.0 Å². The number of piperidine rings is 1. The van der Waals surface area contributed by atoms with Crippen molar-refractivity contribution in [1.29, 1.82) is 0 Å². The van der Waals surface area contributed by atoms with Gasteiger partial charge in [0, 0.05) is 48.5 Å². The van der Waals surface area contributed by atoms with Gasteiger partial charge < -0.3 is 15.0 Å². The lowest BCUT2D eigenvalue weighted by molar-refractivity contribution is -0.137. The number of methoxy groups -OCH3 is 1. The van der Waals surface area contributed by atoms with Gasteiger partial charge in [-0.15, -0.1) is 0 Å². The molecule has 3 heterocycles. The van der Waals surface area contributed by atoms with E-state index in [1.165, 1.54) is 0 Å². The molecule has 0 bridgehead atoms. The fraction of sp³-hybridized carbons (Fsp3) is 0.385. The first-order valence-corrected chi connectivity index (χ1v) is 11.3. The van der Waals surface area contributed by atoms with Gasteiger partial charge in [0.25, 0.3) is 0 Å². The summed E-state index contributed by atoms with van der Waals surface area (Å²) < 4.78 is 5.26. The van der Waals surface area contributed by atoms with Crippen molar-refractivity contribution in [3.05, 3.63) is 71.9 Å². The standard InChI is InChI=1S/C26H31N5O2/c1-18-14-21(30-24-16-27-11-12-28-24)15-23(29-18)19-6-5-13-31(17-19)25(32)26(2,3)20-7-9-22(33-4)10-8-20/h7-12,14-16,19H,5-6,13,17H2,1-4H3,(H,28,29,30)/t19-/m0/s1. The molecule has 1 aliphatic heterocycles. The number of carbonyl (C=O) groups is 1. The molecule has 1 amide bonds. The number of nitrogens with zero attached hydrogens (tertiary/aromatic N) is 4. The fourth-order valence-corrected chi connectivity index (χ4v) is 4.42. The maximum absolute atomic E-state index is 13.6. The van der Waals surface area contributed by atoms with E-state index in [0.29, 0.717) is 12.4 Å². The van der Waals surface area contributed by atoms with Crippen LogP contribution in [0.5, 0.6) is 5.75 Å². The molecular weight excluding hydrogens is 414 g/mol. The number of ether oxygens (including phenoxy) is 1. The van der Waals surface area contributed by atoms with Gasteiger partial charge in [-0.05, 0) is 63.4 Å². The number of amides is 1. The molecule has 7 nitrogen and oxygen atoms in total. The highest BCUT2D eigenvalue weighted by atomic mass is 16.5. The molecule has 0 spiro atoms. The van der Waals surface area contributed by atoms with E-state index < -0.39 is 5.41 Å². The minimum Gasteiger partial charge on any atom is -0.497 e. The van der Waals surface area contributed by atoms with Crippen molar-refractivity contribution in [2.75, 3.05) is 25.5 Å². The van der Waals surface area contributed by atoms with Crippen molar-refractivity contribution < 1.29 is 9.53 Å². The van der Waals surface area contributed by atoms with Crippen LogP contribution in [-0.2, 0) is 10.2 Å². The SMILES string of the molecule is COc1ccc(C(C)(C)C(=O)N2CCC[C@H](c3cc(Nc4cnccn4)cc(C)n3)C2)cc1. The lowest BCUT2D eigenvalue weighted by Crippen LogP contribution is -2.47. The summed E-state index contributed by atoms with van der Waals surface area (Å²) in [6.07, 6.45) is 6.96. The van der Waals surface area contributed by atoms with Crippen molar-refractivity contribution in [1.82, 2.24) is 19.9 Å². The average molecular weight is 446 g/mol. The largest absolute Gasteiger partial charge is 0.497 e. The Bertz CT molecular complexity index is 1100. The van der Waals surface area contributed by atoms with E-state index >= 15 is 0 Å². The third-order valence-corrected chi connectivity index (χ3v) is 6.28. The second-order valence-corrected chi connectivity index (χ2v) is 9.08. The predicted molar refractivity (Wildman–Crippen MR) is 129 cm³/mol. The maximum Gasteiger partial charge on any atom is 0.232 e. The molecule has 1 saturated heterocycles. The van der Waals surface area contributed by atoms with Crippen LogP contribution in [0, 0.1) is 6.92 Å². The number of aryl methyl sites for hydroxylation is 1. The van der Waals surface area contributed by atoms with Gasteiger partial charge in [-0.1, -0.05) is 12.1 Å². The number of likely N-dealkylation sites (tertiary alicyclic amines) is 1. The third kappa shape index (κ3) is 5.13. The molecule has 1 N–H and O–H groups in total. The first kappa shape index (κ1) is 22.7. The summed E-state index contributed by atoms with van der Waals surface area (Å²) in [5.41, 5.74) is 3.23. The summed E-state index contributed by atoms with van der Waals surface area (Å²) in [5, 5.41) is 3.31. The number of carbonyl (C=O) groups excluding carboxylic acids is 1. The molecule has 0 saturated carbocycles. The molecule has 33 heavy (non-hydrogen) atoms. The summed E-state index contributed by atoms with van der Waals surface area (Å²) in [6, 6.07) is 11.8. The number of hydrogen-bond acceptors (Lipinski definition) is 6. The monoisotopic (exact) mass is 445 g/mol. The number of pyridine rings is 1. The lowest BCUT2D eigenvalue weighted by Gasteiger charge is -2.38. The second-order valence-electron chi connectivity index (χ2n) is 9.08. The number of anilines is 2. The Morgan fingerprint density at radius 2 is 1.97 bits per heavy atom. The molecule has 0 aliphatic carbocycles. The van der Waals surface area contributed by atoms with Crippen LogP contribution in [0.25, 0.3) is 0 Å². The minimum atomic E-state index is -0.618. The molecular formula is C26H31N5O2. The van der Waals surface area contributed by atoms with Crippen molar-refractivity contribution in [3.63, 3.8) is 0 Å². The number of hydrogen-bond donors (Lipinski definition) is 1. The molecule has 1 atom stereocenters. The van der Waals surface area contributed by atoms with E-state index in [1.54, 1.807) is 25.7 Å². The van der Waals surface area contributed by atoms with Crippen LogP contribution in [0.2, 0.25) is 0 Å². The van der Waals surface area contributed by atoms with Gasteiger partial charge in [0.2, 0.25) is 5.91 Å². The van der Waals surface area contributed by atoms with Crippen LogP contribution >= 0.6 is 0 Å². The summed E-state index contributed by atoms with van der Waals surface area (Å²) in [7, 11) is 1.65. The molecule has 0 unspecified atom stereocenters. The highest BCUT2D eigenvalue weighted by molar-refractivity contribution is 5.87. The summed E-state index contributed by atoms with van der Waals surface area (Å²) >= 11 is 0. The van der Waals surface area contributed by atoms with E-state index in [4.69, 9.17) is 9.72 Å². The van der Waals surface area contributed by atoms with E-state index in [9.17, 15) is 4.79 Å². The molecule has 1 aliphatic rings. The molecule has 0 radical (unpaired) electrons. The van der Waals surface area contributed by atoms with Gasteiger partial charge in [-0.2, -0.15) is 0 Å². The highest BCUT2D eigenvalue weighted by Crippen LogP contribution is 2.33. The van der Waals surface area contributed by atoms with Crippen LogP contribution in [0.3, 0.4) is 0 Å². The van der Waals surface area contributed by atoms with Gasteiger partial charge in [-0.3, -0.25) is 14.8 Å². The summed E-state index contributed by atoms with van der Waals surface area (Å²) in [4.78, 5) is 28.8.